The predicted octanol–water partition coefficient (Wildman–Crippen LogP) is 2.94. The smallest absolute Gasteiger partial charge is 0.329 e. The van der Waals surface area contributed by atoms with Crippen molar-refractivity contribution in [3.8, 4) is 5.75 Å². The lowest BCUT2D eigenvalue weighted by atomic mass is 10.1. The van der Waals surface area contributed by atoms with Crippen molar-refractivity contribution < 1.29 is 24.0 Å². The highest BCUT2D eigenvalue weighted by atomic mass is 16.6. The molecule has 11 nitrogen and oxygen atoms in total. The molecule has 1 atom stereocenters. The van der Waals surface area contributed by atoms with Crippen molar-refractivity contribution in [1.29, 1.82) is 0 Å². The fraction of sp³-hybridized carbons (Fsp3) is 0.120. The van der Waals surface area contributed by atoms with Crippen LogP contribution < -0.4 is 20.8 Å². The van der Waals surface area contributed by atoms with E-state index >= 15 is 0 Å². The van der Waals surface area contributed by atoms with Crippen LogP contribution in [0.25, 0.3) is 0 Å². The summed E-state index contributed by atoms with van der Waals surface area (Å²) >= 11 is 0. The van der Waals surface area contributed by atoms with E-state index in [1.165, 1.54) is 30.5 Å². The number of carbonyl (C=O) groups excluding carboxylic acids is 3. The van der Waals surface area contributed by atoms with Gasteiger partial charge in [-0.1, -0.05) is 30.3 Å². The Morgan fingerprint density at radius 1 is 0.972 bits per heavy atom. The molecule has 3 aromatic rings. The van der Waals surface area contributed by atoms with Gasteiger partial charge in [-0.15, -0.1) is 0 Å². The lowest BCUT2D eigenvalue weighted by Crippen LogP contribution is -2.32. The highest BCUT2D eigenvalue weighted by Crippen LogP contribution is 2.15. The third-order valence-corrected chi connectivity index (χ3v) is 4.85. The van der Waals surface area contributed by atoms with E-state index in [0.717, 1.165) is 5.56 Å². The van der Waals surface area contributed by atoms with E-state index in [2.05, 4.69) is 21.2 Å². The van der Waals surface area contributed by atoms with E-state index in [4.69, 9.17) is 4.74 Å². The first-order valence-corrected chi connectivity index (χ1v) is 10.8. The SMILES string of the molecule is C[C@@H](NC(=O)COc1ccc(/C=N\NC(=O)C(=O)Nc2ccc([N+](=O)[O-])cc2)cc1)c1ccccc1. The van der Waals surface area contributed by atoms with Gasteiger partial charge in [0.05, 0.1) is 17.2 Å². The van der Waals surface area contributed by atoms with Crippen LogP contribution in [0.2, 0.25) is 0 Å². The maximum Gasteiger partial charge on any atom is 0.329 e. The maximum absolute atomic E-state index is 12.1. The molecule has 0 unspecified atom stereocenters. The molecule has 3 N–H and O–H groups in total. The number of rotatable bonds is 9. The van der Waals surface area contributed by atoms with Gasteiger partial charge in [-0.2, -0.15) is 5.10 Å². The molecule has 0 aliphatic heterocycles. The first-order chi connectivity index (χ1) is 17.3. The van der Waals surface area contributed by atoms with Crippen LogP contribution in [0.5, 0.6) is 5.75 Å². The molecule has 0 saturated carbocycles. The summed E-state index contributed by atoms with van der Waals surface area (Å²) in [6, 6.07) is 21.1. The zero-order valence-electron chi connectivity index (χ0n) is 19.2. The number of anilines is 1. The number of nitro groups is 1. The quantitative estimate of drug-likeness (QED) is 0.182. The standard InChI is InChI=1S/C25H23N5O6/c1-17(19-5-3-2-4-6-19)27-23(31)16-36-22-13-7-18(8-14-22)15-26-29-25(33)24(32)28-20-9-11-21(12-10-20)30(34)35/h2-15,17H,16H2,1H3,(H,27,31)(H,28,32)(H,29,33)/b26-15-/t17-/m1/s1. The van der Waals surface area contributed by atoms with Crippen LogP contribution in [0.3, 0.4) is 0 Å². The molecular weight excluding hydrogens is 466 g/mol. The van der Waals surface area contributed by atoms with Gasteiger partial charge in [0.25, 0.3) is 11.6 Å². The van der Waals surface area contributed by atoms with Gasteiger partial charge in [0.2, 0.25) is 0 Å². The number of non-ortho nitro benzene ring substituents is 1. The van der Waals surface area contributed by atoms with E-state index < -0.39 is 16.7 Å². The van der Waals surface area contributed by atoms with Gasteiger partial charge in [0.15, 0.2) is 6.61 Å². The lowest BCUT2D eigenvalue weighted by Gasteiger charge is -2.14. The normalized spacial score (nSPS) is 11.4. The molecule has 0 aliphatic rings. The van der Waals surface area contributed by atoms with Crippen LogP contribution in [0.4, 0.5) is 11.4 Å². The van der Waals surface area contributed by atoms with Crippen LogP contribution in [0.1, 0.15) is 24.1 Å². The zero-order chi connectivity index (χ0) is 25.9. The minimum Gasteiger partial charge on any atom is -0.484 e. The molecule has 3 rings (SSSR count). The van der Waals surface area contributed by atoms with Crippen molar-refractivity contribution in [2.75, 3.05) is 11.9 Å². The minimum atomic E-state index is -1.01. The molecule has 0 spiro atoms. The number of hydrazone groups is 1. The molecule has 11 heteroatoms. The van der Waals surface area contributed by atoms with Crippen molar-refractivity contribution >= 4 is 35.3 Å². The Labute approximate surface area is 206 Å². The number of benzene rings is 3. The Kier molecular flexibility index (Phi) is 8.82. The molecule has 0 aliphatic carbocycles. The Bertz CT molecular complexity index is 1240. The van der Waals surface area contributed by atoms with Crippen molar-refractivity contribution in [2.24, 2.45) is 5.10 Å². The molecule has 0 heterocycles. The fourth-order valence-corrected chi connectivity index (χ4v) is 2.98. The van der Waals surface area contributed by atoms with Crippen LogP contribution in [-0.2, 0) is 14.4 Å². The summed E-state index contributed by atoms with van der Waals surface area (Å²) in [7, 11) is 0. The number of nitro benzene ring substituents is 1. The van der Waals surface area contributed by atoms with Gasteiger partial charge < -0.3 is 15.4 Å². The average molecular weight is 489 g/mol. The molecule has 0 fully saturated rings. The highest BCUT2D eigenvalue weighted by molar-refractivity contribution is 6.39. The second-order valence-electron chi connectivity index (χ2n) is 7.51. The van der Waals surface area contributed by atoms with E-state index in [-0.39, 0.29) is 29.9 Å². The summed E-state index contributed by atoms with van der Waals surface area (Å²) in [6.45, 7) is 1.74. The van der Waals surface area contributed by atoms with Crippen molar-refractivity contribution in [3.05, 3.63) is 100 Å². The first-order valence-electron chi connectivity index (χ1n) is 10.8. The van der Waals surface area contributed by atoms with Crippen molar-refractivity contribution in [3.63, 3.8) is 0 Å². The minimum absolute atomic E-state index is 0.139. The van der Waals surface area contributed by atoms with Gasteiger partial charge >= 0.3 is 11.8 Å². The van der Waals surface area contributed by atoms with Crippen LogP contribution in [0.15, 0.2) is 84.0 Å². The molecule has 0 radical (unpaired) electrons. The Morgan fingerprint density at radius 3 is 2.28 bits per heavy atom. The van der Waals surface area contributed by atoms with Gasteiger partial charge in [0.1, 0.15) is 5.75 Å². The molecule has 3 aromatic carbocycles. The van der Waals surface area contributed by atoms with E-state index in [9.17, 15) is 24.5 Å². The molecule has 0 aromatic heterocycles. The van der Waals surface area contributed by atoms with Gasteiger partial charge in [0, 0.05) is 17.8 Å². The molecular formula is C25H23N5O6. The topological polar surface area (TPSA) is 152 Å². The van der Waals surface area contributed by atoms with E-state index in [1.54, 1.807) is 24.3 Å². The van der Waals surface area contributed by atoms with Gasteiger partial charge in [-0.25, -0.2) is 5.43 Å². The largest absolute Gasteiger partial charge is 0.484 e. The Morgan fingerprint density at radius 2 is 1.64 bits per heavy atom. The summed E-state index contributed by atoms with van der Waals surface area (Å²) < 4.78 is 5.49. The summed E-state index contributed by atoms with van der Waals surface area (Å²) in [6.07, 6.45) is 1.33. The third kappa shape index (κ3) is 7.76. The maximum atomic E-state index is 12.1. The molecule has 0 saturated heterocycles. The van der Waals surface area contributed by atoms with E-state index in [0.29, 0.717) is 11.3 Å². The second kappa shape index (κ2) is 12.4. The number of nitrogens with zero attached hydrogens (tertiary/aromatic N) is 2. The monoisotopic (exact) mass is 489 g/mol. The van der Waals surface area contributed by atoms with E-state index in [1.807, 2.05) is 37.3 Å². The van der Waals surface area contributed by atoms with Gasteiger partial charge in [-0.05, 0) is 54.4 Å². The van der Waals surface area contributed by atoms with Crippen LogP contribution >= 0.6 is 0 Å². The Balaban J connectivity index is 1.41. The second-order valence-corrected chi connectivity index (χ2v) is 7.51. The number of amides is 3. The summed E-state index contributed by atoms with van der Waals surface area (Å²) in [5.74, 6) is -1.78. The first kappa shape index (κ1) is 25.6. The third-order valence-electron chi connectivity index (χ3n) is 4.85. The fourth-order valence-electron chi connectivity index (χ4n) is 2.98. The highest BCUT2D eigenvalue weighted by Gasteiger charge is 2.14. The number of ether oxygens (including phenoxy) is 1. The summed E-state index contributed by atoms with van der Waals surface area (Å²) in [5, 5.41) is 19.6. The Hall–Kier alpha value is -5.06. The molecule has 0 bridgehead atoms. The zero-order valence-corrected chi connectivity index (χ0v) is 19.2. The number of nitrogens with one attached hydrogen (secondary N) is 3. The van der Waals surface area contributed by atoms with Crippen molar-refractivity contribution in [2.45, 2.75) is 13.0 Å². The average Bonchev–Trinajstić information content (AvgIpc) is 2.89. The number of hydrogen-bond acceptors (Lipinski definition) is 7. The van der Waals surface area contributed by atoms with Gasteiger partial charge in [-0.3, -0.25) is 24.5 Å². The predicted molar refractivity (Wildman–Crippen MR) is 132 cm³/mol. The number of hydrogen-bond donors (Lipinski definition) is 3. The summed E-state index contributed by atoms with van der Waals surface area (Å²) in [4.78, 5) is 46.0. The van der Waals surface area contributed by atoms with Crippen molar-refractivity contribution in [1.82, 2.24) is 10.7 Å². The summed E-state index contributed by atoms with van der Waals surface area (Å²) in [5.41, 5.74) is 3.78. The molecule has 3 amide bonds. The molecule has 36 heavy (non-hydrogen) atoms. The number of carbonyl (C=O) groups is 3. The molecule has 184 valence electrons. The van der Waals surface area contributed by atoms with Crippen LogP contribution in [0, 0.1) is 10.1 Å². The lowest BCUT2D eigenvalue weighted by molar-refractivity contribution is -0.384. The van der Waals surface area contributed by atoms with Crippen LogP contribution in [-0.4, -0.2) is 35.5 Å².